The fraction of sp³-hybridized carbons (Fsp3) is 0. The predicted octanol–water partition coefficient (Wildman–Crippen LogP) is 3.80. The summed E-state index contributed by atoms with van der Waals surface area (Å²) in [7, 11) is 0. The average molecular weight is 347 g/mol. The van der Waals surface area contributed by atoms with Crippen molar-refractivity contribution in [1.82, 2.24) is 9.97 Å². The number of nitrogens with one attached hydrogen (secondary N) is 1. The maximum atomic E-state index is 12.0. The molecule has 0 radical (unpaired) electrons. The lowest BCUT2D eigenvalue weighted by Crippen LogP contribution is -2.14. The summed E-state index contributed by atoms with van der Waals surface area (Å²) in [5.41, 5.74) is 0.395. The molecule has 4 nitrogen and oxygen atoms in total. The zero-order valence-electron chi connectivity index (χ0n) is 8.82. The first kappa shape index (κ1) is 13.3. The third-order valence-electron chi connectivity index (χ3n) is 2.02. The van der Waals surface area contributed by atoms with Crippen LogP contribution in [0.3, 0.4) is 0 Å². The fourth-order valence-corrected chi connectivity index (χ4v) is 1.97. The minimum absolute atomic E-state index is 0.138. The third-order valence-corrected chi connectivity index (χ3v) is 3.16. The van der Waals surface area contributed by atoms with Crippen LogP contribution in [0.2, 0.25) is 10.2 Å². The Hall–Kier alpha value is -1.17. The quantitative estimate of drug-likeness (QED) is 0.841. The molecule has 0 aliphatic carbocycles. The van der Waals surface area contributed by atoms with Crippen LogP contribution in [0.25, 0.3) is 0 Å². The molecule has 0 bridgehead atoms. The summed E-state index contributed by atoms with van der Waals surface area (Å²) in [5.74, 6) is -0.231. The summed E-state index contributed by atoms with van der Waals surface area (Å²) in [5, 5.41) is 3.26. The summed E-state index contributed by atoms with van der Waals surface area (Å²) in [6.45, 7) is 0. The van der Waals surface area contributed by atoms with E-state index in [4.69, 9.17) is 23.2 Å². The maximum Gasteiger partial charge on any atom is 0.259 e. The molecule has 1 heterocycles. The van der Waals surface area contributed by atoms with Crippen molar-refractivity contribution in [2.24, 2.45) is 0 Å². The van der Waals surface area contributed by atoms with Crippen molar-refractivity contribution in [3.8, 4) is 0 Å². The Bertz CT molecular complexity index is 607. The van der Waals surface area contributed by atoms with E-state index in [1.54, 1.807) is 18.2 Å². The van der Waals surface area contributed by atoms with E-state index in [1.807, 2.05) is 0 Å². The van der Waals surface area contributed by atoms with E-state index in [1.165, 1.54) is 12.3 Å². The SMILES string of the molecule is O=C(Nc1nccc(Cl)n1)c1cc(Cl)ccc1Br. The highest BCUT2D eigenvalue weighted by molar-refractivity contribution is 9.10. The van der Waals surface area contributed by atoms with Crippen LogP contribution >= 0.6 is 39.1 Å². The second kappa shape index (κ2) is 5.65. The van der Waals surface area contributed by atoms with Crippen molar-refractivity contribution in [1.29, 1.82) is 0 Å². The molecule has 1 N–H and O–H groups in total. The topological polar surface area (TPSA) is 54.9 Å². The number of halogens is 3. The molecule has 0 aliphatic heterocycles. The molecule has 0 atom stereocenters. The first-order valence-electron chi connectivity index (χ1n) is 4.81. The number of nitrogens with zero attached hydrogens (tertiary/aromatic N) is 2. The summed E-state index contributed by atoms with van der Waals surface area (Å²) in [6, 6.07) is 6.44. The van der Waals surface area contributed by atoms with Crippen LogP contribution in [-0.4, -0.2) is 15.9 Å². The molecule has 1 aromatic heterocycles. The normalized spacial score (nSPS) is 10.2. The zero-order valence-corrected chi connectivity index (χ0v) is 11.9. The van der Waals surface area contributed by atoms with Crippen molar-refractivity contribution in [3.05, 3.63) is 50.7 Å². The number of amides is 1. The van der Waals surface area contributed by atoms with E-state index >= 15 is 0 Å². The van der Waals surface area contributed by atoms with Crippen LogP contribution < -0.4 is 5.32 Å². The number of aromatic nitrogens is 2. The summed E-state index contributed by atoms with van der Waals surface area (Å²) in [4.78, 5) is 19.7. The lowest BCUT2D eigenvalue weighted by Gasteiger charge is -2.05. The van der Waals surface area contributed by atoms with E-state index in [2.05, 4.69) is 31.2 Å². The van der Waals surface area contributed by atoms with Gasteiger partial charge in [0, 0.05) is 15.7 Å². The van der Waals surface area contributed by atoms with Gasteiger partial charge in [-0.2, -0.15) is 0 Å². The van der Waals surface area contributed by atoms with E-state index in [-0.39, 0.29) is 17.0 Å². The van der Waals surface area contributed by atoms with E-state index in [0.717, 1.165) is 0 Å². The van der Waals surface area contributed by atoms with Crippen LogP contribution in [0.4, 0.5) is 5.95 Å². The fourth-order valence-electron chi connectivity index (χ4n) is 1.24. The van der Waals surface area contributed by atoms with Crippen LogP contribution in [-0.2, 0) is 0 Å². The molecular weight excluding hydrogens is 341 g/mol. The molecule has 0 saturated heterocycles. The number of carbonyl (C=O) groups excluding carboxylic acids is 1. The van der Waals surface area contributed by atoms with Gasteiger partial charge >= 0.3 is 0 Å². The predicted molar refractivity (Wildman–Crippen MR) is 74.1 cm³/mol. The van der Waals surface area contributed by atoms with Crippen molar-refractivity contribution >= 4 is 51.0 Å². The van der Waals surface area contributed by atoms with Gasteiger partial charge in [-0.15, -0.1) is 0 Å². The Labute approximate surface area is 121 Å². The summed E-state index contributed by atoms with van der Waals surface area (Å²) < 4.78 is 0.631. The highest BCUT2D eigenvalue weighted by Gasteiger charge is 2.12. The maximum absolute atomic E-state index is 12.0. The molecular formula is C11H6BrCl2N3O. The van der Waals surface area contributed by atoms with E-state index in [9.17, 15) is 4.79 Å². The highest BCUT2D eigenvalue weighted by Crippen LogP contribution is 2.21. The highest BCUT2D eigenvalue weighted by atomic mass is 79.9. The van der Waals surface area contributed by atoms with Gasteiger partial charge in [0.2, 0.25) is 5.95 Å². The Morgan fingerprint density at radius 1 is 1.28 bits per heavy atom. The van der Waals surface area contributed by atoms with Gasteiger partial charge in [0.15, 0.2) is 0 Å². The molecule has 2 rings (SSSR count). The van der Waals surface area contributed by atoms with E-state index < -0.39 is 0 Å². The van der Waals surface area contributed by atoms with Gasteiger partial charge in [0.25, 0.3) is 5.91 Å². The van der Waals surface area contributed by atoms with Crippen LogP contribution in [0.5, 0.6) is 0 Å². The zero-order chi connectivity index (χ0) is 13.1. The Morgan fingerprint density at radius 3 is 2.78 bits per heavy atom. The molecule has 0 saturated carbocycles. The second-order valence-electron chi connectivity index (χ2n) is 3.28. The van der Waals surface area contributed by atoms with Crippen LogP contribution in [0.1, 0.15) is 10.4 Å². The number of hydrogen-bond acceptors (Lipinski definition) is 3. The largest absolute Gasteiger partial charge is 0.290 e. The molecule has 7 heteroatoms. The Balaban J connectivity index is 2.24. The summed E-state index contributed by atoms with van der Waals surface area (Å²) >= 11 is 14.8. The Kier molecular flexibility index (Phi) is 4.16. The number of benzene rings is 1. The number of rotatable bonds is 2. The molecule has 0 spiro atoms. The molecule has 0 aliphatic rings. The van der Waals surface area contributed by atoms with Gasteiger partial charge in [-0.1, -0.05) is 23.2 Å². The molecule has 0 unspecified atom stereocenters. The lowest BCUT2D eigenvalue weighted by molar-refractivity contribution is 0.102. The molecule has 1 aromatic carbocycles. The van der Waals surface area contributed by atoms with Crippen molar-refractivity contribution in [2.75, 3.05) is 5.32 Å². The summed E-state index contributed by atoms with van der Waals surface area (Å²) in [6.07, 6.45) is 1.46. The van der Waals surface area contributed by atoms with Gasteiger partial charge in [-0.05, 0) is 40.2 Å². The number of hydrogen-bond donors (Lipinski definition) is 1. The molecule has 2 aromatic rings. The average Bonchev–Trinajstić information content (AvgIpc) is 2.32. The monoisotopic (exact) mass is 345 g/mol. The third kappa shape index (κ3) is 3.19. The smallest absolute Gasteiger partial charge is 0.259 e. The van der Waals surface area contributed by atoms with Crippen molar-refractivity contribution in [2.45, 2.75) is 0 Å². The molecule has 1 amide bonds. The Morgan fingerprint density at radius 2 is 2.06 bits per heavy atom. The molecule has 0 fully saturated rings. The van der Waals surface area contributed by atoms with Gasteiger partial charge in [0.05, 0.1) is 5.56 Å². The number of carbonyl (C=O) groups is 1. The first-order chi connectivity index (χ1) is 8.56. The van der Waals surface area contributed by atoms with Crippen LogP contribution in [0.15, 0.2) is 34.9 Å². The van der Waals surface area contributed by atoms with Crippen molar-refractivity contribution < 1.29 is 4.79 Å². The van der Waals surface area contributed by atoms with Crippen molar-refractivity contribution in [3.63, 3.8) is 0 Å². The minimum Gasteiger partial charge on any atom is -0.290 e. The van der Waals surface area contributed by atoms with Gasteiger partial charge in [-0.3, -0.25) is 10.1 Å². The first-order valence-corrected chi connectivity index (χ1v) is 6.36. The lowest BCUT2D eigenvalue weighted by atomic mass is 10.2. The standard InChI is InChI=1S/C11H6BrCl2N3O/c12-8-2-1-6(13)5-7(8)10(18)17-11-15-4-3-9(14)16-11/h1-5H,(H,15,16,17,18). The van der Waals surface area contributed by atoms with E-state index in [0.29, 0.717) is 15.1 Å². The van der Waals surface area contributed by atoms with Crippen LogP contribution in [0, 0.1) is 0 Å². The second-order valence-corrected chi connectivity index (χ2v) is 4.96. The minimum atomic E-state index is -0.369. The van der Waals surface area contributed by atoms with Gasteiger partial charge < -0.3 is 0 Å². The molecule has 92 valence electrons. The van der Waals surface area contributed by atoms with Gasteiger partial charge in [-0.25, -0.2) is 9.97 Å². The molecule has 18 heavy (non-hydrogen) atoms. The van der Waals surface area contributed by atoms with Gasteiger partial charge in [0.1, 0.15) is 5.15 Å². The number of anilines is 1.